The van der Waals surface area contributed by atoms with Crippen molar-refractivity contribution in [2.24, 2.45) is 0 Å². The predicted octanol–water partition coefficient (Wildman–Crippen LogP) is 3.55. The average Bonchev–Trinajstić information content (AvgIpc) is 2.61. The summed E-state index contributed by atoms with van der Waals surface area (Å²) in [6, 6.07) is 0. The van der Waals surface area contributed by atoms with Crippen LogP contribution in [0.4, 0.5) is 0 Å². The van der Waals surface area contributed by atoms with E-state index in [4.69, 9.17) is 0 Å². The first-order valence-corrected chi connectivity index (χ1v) is 5.59. The minimum atomic E-state index is 1.02. The molecule has 70 valence electrons. The Hall–Kier alpha value is -0.540. The van der Waals surface area contributed by atoms with Crippen molar-refractivity contribution in [3.63, 3.8) is 0 Å². The fourth-order valence-electron chi connectivity index (χ4n) is 1.11. The number of thiol groups is 1. The largest absolute Gasteiger partial charge is 0.192 e. The van der Waals surface area contributed by atoms with Gasteiger partial charge >= 0.3 is 0 Å². The van der Waals surface area contributed by atoms with Crippen molar-refractivity contribution >= 4 is 29.7 Å². The Balaban J connectivity index is 3.04. The number of rotatable bonds is 3. The van der Waals surface area contributed by atoms with Crippen LogP contribution < -0.4 is 0 Å². The van der Waals surface area contributed by atoms with Crippen molar-refractivity contribution in [2.75, 3.05) is 0 Å². The molecule has 1 aromatic heterocycles. The van der Waals surface area contributed by atoms with Gasteiger partial charge in [-0.1, -0.05) is 19.1 Å². The van der Waals surface area contributed by atoms with Crippen molar-refractivity contribution in [2.45, 2.75) is 20.3 Å². The van der Waals surface area contributed by atoms with Crippen molar-refractivity contribution in [3.05, 3.63) is 34.2 Å². The van der Waals surface area contributed by atoms with Gasteiger partial charge in [0, 0.05) is 11.0 Å². The van der Waals surface area contributed by atoms with E-state index in [1.165, 1.54) is 17.1 Å². The lowest BCUT2D eigenvalue weighted by atomic mass is 10.1. The number of allylic oxidation sites excluding steroid dienone is 3. The van der Waals surface area contributed by atoms with E-state index in [1.54, 1.807) is 5.41 Å². The van der Waals surface area contributed by atoms with Gasteiger partial charge in [-0.15, -0.1) is 0 Å². The van der Waals surface area contributed by atoms with Crippen LogP contribution in [0.2, 0.25) is 0 Å². The Morgan fingerprint density at radius 2 is 2.46 bits per heavy atom. The second-order valence-corrected chi connectivity index (χ2v) is 3.51. The molecule has 0 unspecified atom stereocenters. The van der Waals surface area contributed by atoms with Crippen LogP contribution in [0.1, 0.15) is 25.1 Å². The highest BCUT2D eigenvalue weighted by Crippen LogP contribution is 2.22. The lowest BCUT2D eigenvalue weighted by Crippen LogP contribution is -1.86. The summed E-state index contributed by atoms with van der Waals surface area (Å²) in [5, 5.41) is 3.89. The van der Waals surface area contributed by atoms with Crippen LogP contribution in [0.3, 0.4) is 0 Å². The molecule has 0 saturated carbocycles. The van der Waals surface area contributed by atoms with Crippen LogP contribution in [0.25, 0.3) is 5.57 Å². The molecule has 0 bridgehead atoms. The van der Waals surface area contributed by atoms with Crippen LogP contribution in [0.15, 0.2) is 22.9 Å². The molecule has 0 fully saturated rings. The molecule has 3 heteroatoms. The maximum Gasteiger partial charge on any atom is 0.0877 e. The van der Waals surface area contributed by atoms with Gasteiger partial charge in [-0.05, 0) is 35.8 Å². The molecule has 1 heterocycles. The molecule has 0 aliphatic carbocycles. The monoisotopic (exact) mass is 211 g/mol. The van der Waals surface area contributed by atoms with E-state index < -0.39 is 0 Å². The topological polar surface area (TPSA) is 12.9 Å². The SMILES string of the molecule is C/C=C\C(=C/S)c1nscc1CC. The van der Waals surface area contributed by atoms with Gasteiger partial charge in [0.2, 0.25) is 0 Å². The number of nitrogens with zero attached hydrogens (tertiary/aromatic N) is 1. The van der Waals surface area contributed by atoms with E-state index in [2.05, 4.69) is 29.3 Å². The van der Waals surface area contributed by atoms with E-state index in [0.717, 1.165) is 17.7 Å². The zero-order valence-electron chi connectivity index (χ0n) is 7.82. The van der Waals surface area contributed by atoms with E-state index >= 15 is 0 Å². The Morgan fingerprint density at radius 3 is 3.00 bits per heavy atom. The molecule has 0 N–H and O–H groups in total. The summed E-state index contributed by atoms with van der Waals surface area (Å²) in [6.45, 7) is 4.13. The Morgan fingerprint density at radius 1 is 1.69 bits per heavy atom. The first kappa shape index (κ1) is 10.5. The third-order valence-electron chi connectivity index (χ3n) is 1.78. The number of hydrogen-bond acceptors (Lipinski definition) is 3. The standard InChI is InChI=1S/C10H13NS2/c1-3-5-9(6-12)10-8(4-2)7-13-11-10/h3,5-7,12H,4H2,1-2H3/b5-3-,9-6+. The second kappa shape index (κ2) is 5.25. The molecule has 1 aromatic rings. The highest BCUT2D eigenvalue weighted by molar-refractivity contribution is 7.83. The molecule has 0 radical (unpaired) electrons. The minimum Gasteiger partial charge on any atom is -0.192 e. The number of hydrogen-bond donors (Lipinski definition) is 1. The number of aromatic nitrogens is 1. The summed E-state index contributed by atoms with van der Waals surface area (Å²) in [5.41, 5.74) is 3.45. The molecule has 1 nitrogen and oxygen atoms in total. The van der Waals surface area contributed by atoms with Gasteiger partial charge in [-0.25, -0.2) is 0 Å². The van der Waals surface area contributed by atoms with E-state index in [1.807, 2.05) is 19.1 Å². The summed E-state index contributed by atoms with van der Waals surface area (Å²) >= 11 is 5.68. The molecule has 13 heavy (non-hydrogen) atoms. The lowest BCUT2D eigenvalue weighted by molar-refractivity contribution is 1.13. The Bertz CT molecular complexity index is 323. The van der Waals surface area contributed by atoms with Crippen molar-refractivity contribution in [1.29, 1.82) is 0 Å². The zero-order valence-corrected chi connectivity index (χ0v) is 9.53. The minimum absolute atomic E-state index is 1.02. The van der Waals surface area contributed by atoms with Crippen LogP contribution >= 0.6 is 24.2 Å². The van der Waals surface area contributed by atoms with Gasteiger partial charge in [0.05, 0.1) is 5.69 Å². The molecule has 0 saturated heterocycles. The third kappa shape index (κ3) is 2.45. The van der Waals surface area contributed by atoms with E-state index in [9.17, 15) is 0 Å². The van der Waals surface area contributed by atoms with E-state index in [0.29, 0.717) is 0 Å². The molecule has 1 rings (SSSR count). The Kier molecular flexibility index (Phi) is 4.25. The van der Waals surface area contributed by atoms with Crippen molar-refractivity contribution < 1.29 is 0 Å². The van der Waals surface area contributed by atoms with Crippen molar-refractivity contribution in [1.82, 2.24) is 4.37 Å². The van der Waals surface area contributed by atoms with Crippen LogP contribution in [-0.4, -0.2) is 4.37 Å². The third-order valence-corrected chi connectivity index (χ3v) is 2.74. The van der Waals surface area contributed by atoms with Crippen LogP contribution in [0.5, 0.6) is 0 Å². The first-order chi connectivity index (χ1) is 6.33. The van der Waals surface area contributed by atoms with Gasteiger partial charge < -0.3 is 0 Å². The maximum absolute atomic E-state index is 4.35. The molecular formula is C10H13NS2. The quantitative estimate of drug-likeness (QED) is 0.596. The van der Waals surface area contributed by atoms with Gasteiger partial charge in [-0.3, -0.25) is 0 Å². The summed E-state index contributed by atoms with van der Waals surface area (Å²) < 4.78 is 4.35. The molecule has 0 spiro atoms. The Labute approximate surface area is 88.8 Å². The summed E-state index contributed by atoms with van der Waals surface area (Å²) in [5.74, 6) is 0. The normalized spacial score (nSPS) is 12.7. The summed E-state index contributed by atoms with van der Waals surface area (Å²) in [7, 11) is 0. The molecule has 0 aliphatic heterocycles. The average molecular weight is 211 g/mol. The fourth-order valence-corrected chi connectivity index (χ4v) is 2.10. The fraction of sp³-hybridized carbons (Fsp3) is 0.300. The van der Waals surface area contributed by atoms with Gasteiger partial charge in [-0.2, -0.15) is 17.0 Å². The summed E-state index contributed by atoms with van der Waals surface area (Å²) in [6.07, 6.45) is 5.05. The maximum atomic E-state index is 4.35. The molecule has 0 aromatic carbocycles. The van der Waals surface area contributed by atoms with Gasteiger partial charge in [0.25, 0.3) is 0 Å². The molecule has 0 aliphatic rings. The first-order valence-electron chi connectivity index (χ1n) is 4.24. The summed E-state index contributed by atoms with van der Waals surface area (Å²) in [4.78, 5) is 0. The smallest absolute Gasteiger partial charge is 0.0877 e. The lowest BCUT2D eigenvalue weighted by Gasteiger charge is -1.99. The van der Waals surface area contributed by atoms with Gasteiger partial charge in [0.15, 0.2) is 0 Å². The van der Waals surface area contributed by atoms with E-state index in [-0.39, 0.29) is 0 Å². The van der Waals surface area contributed by atoms with Crippen LogP contribution in [-0.2, 0) is 6.42 Å². The van der Waals surface area contributed by atoms with Crippen LogP contribution in [0, 0.1) is 0 Å². The highest BCUT2D eigenvalue weighted by Gasteiger charge is 2.06. The molecule has 0 atom stereocenters. The molecular weight excluding hydrogens is 198 g/mol. The number of aryl methyl sites for hydroxylation is 1. The predicted molar refractivity (Wildman–Crippen MR) is 63.3 cm³/mol. The zero-order chi connectivity index (χ0) is 9.68. The highest BCUT2D eigenvalue weighted by atomic mass is 32.1. The van der Waals surface area contributed by atoms with Crippen molar-refractivity contribution in [3.8, 4) is 0 Å². The second-order valence-electron chi connectivity index (χ2n) is 2.63. The molecule has 0 amide bonds. The van der Waals surface area contributed by atoms with Gasteiger partial charge in [0.1, 0.15) is 0 Å².